The number of thiophene rings is 1. The third-order valence-electron chi connectivity index (χ3n) is 1.98. The highest BCUT2D eigenvalue weighted by molar-refractivity contribution is 14.1. The molecular weight excluding hydrogens is 315 g/mol. The lowest BCUT2D eigenvalue weighted by Crippen LogP contribution is -1.70. The first-order valence-corrected chi connectivity index (χ1v) is 6.36. The minimum Gasteiger partial charge on any atom is -0.139 e. The van der Waals surface area contributed by atoms with Gasteiger partial charge < -0.3 is 0 Å². The van der Waals surface area contributed by atoms with Crippen molar-refractivity contribution in [2.75, 3.05) is 0 Å². The van der Waals surface area contributed by atoms with Crippen LogP contribution >= 0.6 is 45.5 Å². The zero-order valence-electron chi connectivity index (χ0n) is 7.10. The second kappa shape index (κ2) is 3.75. The number of aryl methyl sites for hydroxylation is 1. The van der Waals surface area contributed by atoms with E-state index in [1.165, 1.54) is 18.5 Å². The quantitative estimate of drug-likeness (QED) is 0.666. The highest BCUT2D eigenvalue weighted by Crippen LogP contribution is 2.34. The molecule has 2 aromatic rings. The minimum absolute atomic E-state index is 0.867. The normalized spacial score (nSPS) is 11.0. The molecule has 0 atom stereocenters. The van der Waals surface area contributed by atoms with Crippen LogP contribution < -0.4 is 0 Å². The van der Waals surface area contributed by atoms with Crippen LogP contribution in [0.5, 0.6) is 0 Å². The number of hydrogen-bond acceptors (Lipinski definition) is 1. The monoisotopic (exact) mass is 322 g/mol. The summed E-state index contributed by atoms with van der Waals surface area (Å²) >= 11 is 10.3. The molecule has 0 nitrogen and oxygen atoms in total. The fourth-order valence-electron chi connectivity index (χ4n) is 1.28. The van der Waals surface area contributed by atoms with Gasteiger partial charge in [0.25, 0.3) is 0 Å². The van der Waals surface area contributed by atoms with Gasteiger partial charge in [-0.15, -0.1) is 11.3 Å². The van der Waals surface area contributed by atoms with Crippen molar-refractivity contribution in [1.82, 2.24) is 0 Å². The van der Waals surface area contributed by atoms with Crippen LogP contribution in [0, 0.1) is 3.57 Å². The Morgan fingerprint density at radius 2 is 2.23 bits per heavy atom. The fraction of sp³-hybridized carbons (Fsp3) is 0.200. The van der Waals surface area contributed by atoms with E-state index < -0.39 is 0 Å². The standard InChI is InChI=1S/C10H8ClIS/c1-2-6-5-7-8(11)3-4-9(12)10(7)13-6/h3-5H,2H2,1H3. The molecule has 1 aromatic carbocycles. The van der Waals surface area contributed by atoms with Crippen LogP contribution in [0.4, 0.5) is 0 Å². The van der Waals surface area contributed by atoms with E-state index in [1.54, 1.807) is 0 Å². The molecule has 0 amide bonds. The largest absolute Gasteiger partial charge is 0.139 e. The SMILES string of the molecule is CCc1cc2c(Cl)ccc(I)c2s1. The molecule has 2 rings (SSSR count). The van der Waals surface area contributed by atoms with Crippen molar-refractivity contribution in [3.05, 3.63) is 31.7 Å². The van der Waals surface area contributed by atoms with Gasteiger partial charge >= 0.3 is 0 Å². The van der Waals surface area contributed by atoms with E-state index in [9.17, 15) is 0 Å². The molecule has 3 heteroatoms. The summed E-state index contributed by atoms with van der Waals surface area (Å²) in [5, 5.41) is 2.07. The first-order valence-electron chi connectivity index (χ1n) is 4.08. The first-order chi connectivity index (χ1) is 6.22. The molecule has 13 heavy (non-hydrogen) atoms. The highest BCUT2D eigenvalue weighted by Gasteiger charge is 2.06. The van der Waals surface area contributed by atoms with Gasteiger partial charge in [-0.05, 0) is 47.2 Å². The first kappa shape index (κ1) is 9.74. The van der Waals surface area contributed by atoms with Gasteiger partial charge in [-0.1, -0.05) is 18.5 Å². The zero-order valence-corrected chi connectivity index (χ0v) is 10.8. The fourth-order valence-corrected chi connectivity index (χ4v) is 3.38. The van der Waals surface area contributed by atoms with Crippen LogP contribution in [0.25, 0.3) is 10.1 Å². The Hall–Kier alpha value is 0.200. The van der Waals surface area contributed by atoms with E-state index in [1.807, 2.05) is 17.4 Å². The summed E-state index contributed by atoms with van der Waals surface area (Å²) in [7, 11) is 0. The van der Waals surface area contributed by atoms with Gasteiger partial charge in [0.1, 0.15) is 0 Å². The van der Waals surface area contributed by atoms with E-state index >= 15 is 0 Å². The lowest BCUT2D eigenvalue weighted by atomic mass is 10.2. The molecule has 0 saturated heterocycles. The summed E-state index contributed by atoms with van der Waals surface area (Å²) in [5.41, 5.74) is 0. The second-order valence-corrected chi connectivity index (χ2v) is 5.54. The van der Waals surface area contributed by atoms with Crippen LogP contribution in [-0.4, -0.2) is 0 Å². The molecular formula is C10H8ClIS. The van der Waals surface area contributed by atoms with Crippen LogP contribution in [0.15, 0.2) is 18.2 Å². The van der Waals surface area contributed by atoms with Crippen LogP contribution in [0.1, 0.15) is 11.8 Å². The average Bonchev–Trinajstić information content (AvgIpc) is 2.56. The second-order valence-electron chi connectivity index (χ2n) is 2.84. The van der Waals surface area contributed by atoms with E-state index in [0.717, 1.165) is 11.4 Å². The molecule has 0 N–H and O–H groups in total. The third-order valence-corrected chi connectivity index (χ3v) is 4.89. The molecule has 0 aliphatic carbocycles. The van der Waals surface area contributed by atoms with Crippen LogP contribution in [0.3, 0.4) is 0 Å². The summed E-state index contributed by atoms with van der Waals surface area (Å²) in [4.78, 5) is 1.40. The zero-order chi connectivity index (χ0) is 9.42. The van der Waals surface area contributed by atoms with Gasteiger partial charge in [0, 0.05) is 23.6 Å². The van der Waals surface area contributed by atoms with E-state index in [4.69, 9.17) is 11.6 Å². The smallest absolute Gasteiger partial charge is 0.0494 e. The van der Waals surface area contributed by atoms with Gasteiger partial charge in [0.15, 0.2) is 0 Å². The molecule has 0 spiro atoms. The molecule has 1 heterocycles. The minimum atomic E-state index is 0.867. The van der Waals surface area contributed by atoms with E-state index in [0.29, 0.717) is 0 Å². The summed E-state index contributed by atoms with van der Waals surface area (Å²) in [6.07, 6.45) is 1.09. The molecule has 0 aliphatic rings. The van der Waals surface area contributed by atoms with Gasteiger partial charge in [0.05, 0.1) is 0 Å². The van der Waals surface area contributed by atoms with Crippen LogP contribution in [0.2, 0.25) is 5.02 Å². The Balaban J connectivity index is 2.80. The maximum Gasteiger partial charge on any atom is 0.0494 e. The summed E-state index contributed by atoms with van der Waals surface area (Å²) in [5.74, 6) is 0. The molecule has 0 radical (unpaired) electrons. The summed E-state index contributed by atoms with van der Waals surface area (Å²) in [6, 6.07) is 6.24. The molecule has 0 aliphatic heterocycles. The Bertz CT molecular complexity index is 408. The molecule has 68 valence electrons. The Morgan fingerprint density at radius 3 is 2.85 bits per heavy atom. The highest BCUT2D eigenvalue weighted by atomic mass is 127. The lowest BCUT2D eigenvalue weighted by molar-refractivity contribution is 1.19. The molecule has 0 fully saturated rings. The predicted molar refractivity (Wildman–Crippen MR) is 68.9 cm³/mol. The van der Waals surface area contributed by atoms with Crippen molar-refractivity contribution in [2.45, 2.75) is 13.3 Å². The third kappa shape index (κ3) is 1.72. The van der Waals surface area contributed by atoms with Gasteiger partial charge in [0.2, 0.25) is 0 Å². The van der Waals surface area contributed by atoms with Gasteiger partial charge in [-0.3, -0.25) is 0 Å². The summed E-state index contributed by atoms with van der Waals surface area (Å²) < 4.78 is 2.62. The van der Waals surface area contributed by atoms with Crippen molar-refractivity contribution >= 4 is 55.6 Å². The number of benzene rings is 1. The molecule has 0 bridgehead atoms. The Kier molecular flexibility index (Phi) is 2.81. The Labute approximate surface area is 100 Å². The number of fused-ring (bicyclic) bond motifs is 1. The van der Waals surface area contributed by atoms with Crippen molar-refractivity contribution in [1.29, 1.82) is 0 Å². The van der Waals surface area contributed by atoms with Crippen molar-refractivity contribution < 1.29 is 0 Å². The maximum atomic E-state index is 6.10. The number of rotatable bonds is 1. The summed E-state index contributed by atoms with van der Waals surface area (Å²) in [6.45, 7) is 2.17. The van der Waals surface area contributed by atoms with E-state index in [-0.39, 0.29) is 0 Å². The van der Waals surface area contributed by atoms with Crippen molar-refractivity contribution in [3.63, 3.8) is 0 Å². The van der Waals surface area contributed by atoms with E-state index in [2.05, 4.69) is 41.6 Å². The predicted octanol–water partition coefficient (Wildman–Crippen LogP) is 4.72. The van der Waals surface area contributed by atoms with Crippen LogP contribution in [-0.2, 0) is 6.42 Å². The van der Waals surface area contributed by atoms with Crippen molar-refractivity contribution in [3.8, 4) is 0 Å². The molecule has 1 aromatic heterocycles. The number of halogens is 2. The number of hydrogen-bond donors (Lipinski definition) is 0. The molecule has 0 saturated carbocycles. The van der Waals surface area contributed by atoms with Gasteiger partial charge in [-0.2, -0.15) is 0 Å². The Morgan fingerprint density at radius 1 is 1.46 bits per heavy atom. The maximum absolute atomic E-state index is 6.10. The van der Waals surface area contributed by atoms with Gasteiger partial charge in [-0.25, -0.2) is 0 Å². The topological polar surface area (TPSA) is 0 Å². The lowest BCUT2D eigenvalue weighted by Gasteiger charge is -1.94. The average molecular weight is 323 g/mol. The van der Waals surface area contributed by atoms with Crippen molar-refractivity contribution in [2.24, 2.45) is 0 Å². The molecule has 0 unspecified atom stereocenters.